The molecule has 0 saturated carbocycles. The summed E-state index contributed by atoms with van der Waals surface area (Å²) in [6.07, 6.45) is 3.24. The summed E-state index contributed by atoms with van der Waals surface area (Å²) in [5, 5.41) is 4.38. The molecule has 176 valence electrons. The first kappa shape index (κ1) is 22.5. The van der Waals surface area contributed by atoms with E-state index in [-0.39, 0.29) is 5.82 Å². The molecule has 2 heterocycles. The third-order valence-corrected chi connectivity index (χ3v) is 5.12. The molecule has 0 aliphatic heterocycles. The van der Waals surface area contributed by atoms with E-state index in [0.717, 1.165) is 11.3 Å². The third kappa shape index (κ3) is 5.10. The summed E-state index contributed by atoms with van der Waals surface area (Å²) in [5.74, 6) is 0.404. The molecule has 2 aromatic heterocycles. The molecule has 2 amide bonds. The summed E-state index contributed by atoms with van der Waals surface area (Å²) >= 11 is 0. The number of para-hydroxylation sites is 1. The quantitative estimate of drug-likeness (QED) is 0.356. The van der Waals surface area contributed by atoms with Gasteiger partial charge in [-0.2, -0.15) is 0 Å². The van der Waals surface area contributed by atoms with Gasteiger partial charge in [-0.05, 0) is 48.5 Å². The van der Waals surface area contributed by atoms with Gasteiger partial charge in [0.05, 0.1) is 11.9 Å². The third-order valence-electron chi connectivity index (χ3n) is 5.12. The van der Waals surface area contributed by atoms with Gasteiger partial charge in [0, 0.05) is 17.3 Å². The fourth-order valence-electron chi connectivity index (χ4n) is 3.39. The second kappa shape index (κ2) is 10.3. The van der Waals surface area contributed by atoms with Crippen LogP contribution in [0.15, 0.2) is 109 Å². The van der Waals surface area contributed by atoms with Crippen LogP contribution in [0.25, 0.3) is 17.1 Å². The van der Waals surface area contributed by atoms with E-state index in [9.17, 15) is 9.59 Å². The van der Waals surface area contributed by atoms with Crippen LogP contribution >= 0.6 is 0 Å². The number of carbonyl (C=O) groups excluding carboxylic acids is 2. The van der Waals surface area contributed by atoms with Gasteiger partial charge in [-0.25, -0.2) is 9.67 Å². The van der Waals surface area contributed by atoms with E-state index in [1.54, 1.807) is 53.5 Å². The summed E-state index contributed by atoms with van der Waals surface area (Å²) in [6, 6.07) is 28.8. The number of nitrogens with zero attached hydrogens (tertiary/aromatic N) is 4. The maximum Gasteiger partial charge on any atom is 0.309 e. The van der Waals surface area contributed by atoms with Crippen molar-refractivity contribution in [3.63, 3.8) is 0 Å². The lowest BCUT2D eigenvalue weighted by molar-refractivity contribution is 0.0841. The molecule has 0 atom stereocenters. The molecule has 0 aliphatic carbocycles. The number of hydrogen-bond donors (Lipinski definition) is 2. The first-order valence-electron chi connectivity index (χ1n) is 11.0. The van der Waals surface area contributed by atoms with Crippen molar-refractivity contribution in [2.45, 2.75) is 0 Å². The van der Waals surface area contributed by atoms with Gasteiger partial charge in [0.15, 0.2) is 5.82 Å². The van der Waals surface area contributed by atoms with Crippen LogP contribution in [-0.4, -0.2) is 31.6 Å². The predicted octanol–water partition coefficient (Wildman–Crippen LogP) is 4.20. The first-order valence-corrected chi connectivity index (χ1v) is 11.0. The zero-order valence-electron chi connectivity index (χ0n) is 18.9. The maximum absolute atomic E-state index is 12.8. The minimum Gasteiger partial charge on any atom is -0.456 e. The van der Waals surface area contributed by atoms with Gasteiger partial charge in [-0.1, -0.05) is 48.5 Å². The highest BCUT2D eigenvalue weighted by atomic mass is 16.5. The first-order chi connectivity index (χ1) is 17.7. The van der Waals surface area contributed by atoms with Crippen molar-refractivity contribution in [2.24, 2.45) is 0 Å². The second-order valence-corrected chi connectivity index (χ2v) is 7.60. The van der Waals surface area contributed by atoms with E-state index in [0.29, 0.717) is 22.9 Å². The topological polar surface area (TPSA) is 111 Å². The smallest absolute Gasteiger partial charge is 0.309 e. The number of hydrazine groups is 1. The average molecular weight is 476 g/mol. The molecule has 0 unspecified atom stereocenters. The van der Waals surface area contributed by atoms with Crippen molar-refractivity contribution in [1.29, 1.82) is 0 Å². The Kier molecular flexibility index (Phi) is 6.44. The summed E-state index contributed by atoms with van der Waals surface area (Å²) in [7, 11) is 0. The minimum absolute atomic E-state index is 0.0850. The van der Waals surface area contributed by atoms with Gasteiger partial charge >= 0.3 is 5.91 Å². The lowest BCUT2D eigenvalue weighted by Gasteiger charge is -2.07. The van der Waals surface area contributed by atoms with Crippen LogP contribution in [0.5, 0.6) is 11.5 Å². The number of carbonyl (C=O) groups is 2. The highest BCUT2D eigenvalue weighted by Crippen LogP contribution is 2.22. The molecule has 0 fully saturated rings. The van der Waals surface area contributed by atoms with Gasteiger partial charge in [0.1, 0.15) is 11.5 Å². The maximum atomic E-state index is 12.8. The largest absolute Gasteiger partial charge is 0.456 e. The number of hydrogen-bond acceptors (Lipinski definition) is 6. The normalized spacial score (nSPS) is 10.4. The molecule has 36 heavy (non-hydrogen) atoms. The van der Waals surface area contributed by atoms with Crippen LogP contribution in [0.1, 0.15) is 21.0 Å². The van der Waals surface area contributed by atoms with Gasteiger partial charge < -0.3 is 4.74 Å². The van der Waals surface area contributed by atoms with Crippen molar-refractivity contribution in [3.05, 3.63) is 121 Å². The molecule has 9 heteroatoms. The summed E-state index contributed by atoms with van der Waals surface area (Å²) in [5.41, 5.74) is 6.66. The van der Waals surface area contributed by atoms with Crippen molar-refractivity contribution in [3.8, 4) is 28.6 Å². The monoisotopic (exact) mass is 476 g/mol. The zero-order valence-corrected chi connectivity index (χ0v) is 18.9. The summed E-state index contributed by atoms with van der Waals surface area (Å²) in [4.78, 5) is 33.7. The second-order valence-electron chi connectivity index (χ2n) is 7.60. The lowest BCUT2D eigenvalue weighted by atomic mass is 10.2. The molecule has 3 aromatic carbocycles. The van der Waals surface area contributed by atoms with E-state index in [4.69, 9.17) is 4.74 Å². The Morgan fingerprint density at radius 3 is 2.11 bits per heavy atom. The van der Waals surface area contributed by atoms with E-state index in [1.807, 2.05) is 60.7 Å². The Bertz CT molecular complexity index is 1410. The molecule has 0 spiro atoms. The standard InChI is InChI=1S/C27H20N6O3/c34-26(20-13-15-22(16-14-20)36-23-12-7-17-28-18-23)30-31-27(35)24-29-25(19-8-3-1-4-9-19)33(32-24)21-10-5-2-6-11-21/h1-18H,(H,30,34)(H,31,35). The molecule has 2 N–H and O–H groups in total. The van der Waals surface area contributed by atoms with E-state index in [1.165, 1.54) is 0 Å². The van der Waals surface area contributed by atoms with Crippen LogP contribution < -0.4 is 15.6 Å². The number of ether oxygens (including phenoxy) is 1. The Morgan fingerprint density at radius 2 is 1.42 bits per heavy atom. The van der Waals surface area contributed by atoms with Gasteiger partial charge in [0.25, 0.3) is 5.91 Å². The predicted molar refractivity (Wildman–Crippen MR) is 132 cm³/mol. The van der Waals surface area contributed by atoms with Crippen molar-refractivity contribution >= 4 is 11.8 Å². The molecule has 0 radical (unpaired) electrons. The van der Waals surface area contributed by atoms with Crippen molar-refractivity contribution < 1.29 is 14.3 Å². The average Bonchev–Trinajstić information content (AvgIpc) is 3.39. The molecular formula is C27H20N6O3. The summed E-state index contributed by atoms with van der Waals surface area (Å²) in [6.45, 7) is 0. The fraction of sp³-hybridized carbons (Fsp3) is 0. The van der Waals surface area contributed by atoms with Crippen LogP contribution in [0.3, 0.4) is 0 Å². The van der Waals surface area contributed by atoms with Crippen LogP contribution in [0, 0.1) is 0 Å². The van der Waals surface area contributed by atoms with E-state index < -0.39 is 11.8 Å². The molecule has 5 rings (SSSR count). The SMILES string of the molecule is O=C(NNC(=O)c1nc(-c2ccccc2)n(-c2ccccc2)n1)c1ccc(Oc2cccnc2)cc1. The van der Waals surface area contributed by atoms with Gasteiger partial charge in [-0.3, -0.25) is 25.4 Å². The number of amides is 2. The van der Waals surface area contributed by atoms with Crippen molar-refractivity contribution in [1.82, 2.24) is 30.6 Å². The Morgan fingerprint density at radius 1 is 0.722 bits per heavy atom. The molecule has 0 aliphatic rings. The number of aromatic nitrogens is 4. The Hall–Kier alpha value is -5.31. The van der Waals surface area contributed by atoms with E-state index >= 15 is 0 Å². The number of benzene rings is 3. The van der Waals surface area contributed by atoms with Gasteiger partial charge in [-0.15, -0.1) is 5.10 Å². The molecule has 0 bridgehead atoms. The van der Waals surface area contributed by atoms with Crippen molar-refractivity contribution in [2.75, 3.05) is 0 Å². The number of pyridine rings is 1. The Labute approximate surface area is 206 Å². The fourth-order valence-corrected chi connectivity index (χ4v) is 3.39. The Balaban J connectivity index is 1.28. The van der Waals surface area contributed by atoms with Crippen LogP contribution in [0.2, 0.25) is 0 Å². The molecular weight excluding hydrogens is 456 g/mol. The van der Waals surface area contributed by atoms with Crippen LogP contribution in [-0.2, 0) is 0 Å². The van der Waals surface area contributed by atoms with Gasteiger partial charge in [0.2, 0.25) is 5.82 Å². The number of rotatable bonds is 6. The summed E-state index contributed by atoms with van der Waals surface area (Å²) < 4.78 is 7.26. The minimum atomic E-state index is -0.647. The van der Waals surface area contributed by atoms with E-state index in [2.05, 4.69) is 25.9 Å². The number of nitrogens with one attached hydrogen (secondary N) is 2. The molecule has 0 saturated heterocycles. The molecule has 5 aromatic rings. The zero-order chi connectivity index (χ0) is 24.7. The lowest BCUT2D eigenvalue weighted by Crippen LogP contribution is -2.42. The highest BCUT2D eigenvalue weighted by molar-refractivity contribution is 5.97. The molecule has 9 nitrogen and oxygen atoms in total. The van der Waals surface area contributed by atoms with Crippen LogP contribution in [0.4, 0.5) is 0 Å². The highest BCUT2D eigenvalue weighted by Gasteiger charge is 2.19.